The van der Waals surface area contributed by atoms with E-state index in [4.69, 9.17) is 11.6 Å². The van der Waals surface area contributed by atoms with Crippen LogP contribution in [0.4, 0.5) is 11.4 Å². The van der Waals surface area contributed by atoms with Crippen molar-refractivity contribution in [2.75, 3.05) is 5.32 Å². The van der Waals surface area contributed by atoms with Crippen molar-refractivity contribution in [2.24, 2.45) is 0 Å². The molecular weight excluding hydrogens is 318 g/mol. The van der Waals surface area contributed by atoms with Crippen molar-refractivity contribution in [2.45, 2.75) is 0 Å². The van der Waals surface area contributed by atoms with Crippen molar-refractivity contribution >= 4 is 33.9 Å². The number of halogens is 1. The van der Waals surface area contributed by atoms with Crippen LogP contribution >= 0.6 is 11.6 Å². The second kappa shape index (κ2) is 6.30. The maximum Gasteiger partial charge on any atom is 0.0780 e. The zero-order valence-corrected chi connectivity index (χ0v) is 13.5. The Bertz CT molecular complexity index is 1010. The quantitative estimate of drug-likeness (QED) is 0.523. The van der Waals surface area contributed by atoms with Gasteiger partial charge in [0.1, 0.15) is 0 Å². The number of anilines is 2. The van der Waals surface area contributed by atoms with Gasteiger partial charge in [0.05, 0.1) is 17.4 Å². The zero-order valence-electron chi connectivity index (χ0n) is 12.8. The number of hydrogen-bond acceptors (Lipinski definition) is 3. The molecule has 0 aliphatic rings. The first-order valence-electron chi connectivity index (χ1n) is 7.61. The van der Waals surface area contributed by atoms with Gasteiger partial charge in [-0.05, 0) is 30.3 Å². The van der Waals surface area contributed by atoms with Crippen LogP contribution in [0, 0.1) is 0 Å². The number of nitrogens with zero attached hydrogens (tertiary/aromatic N) is 2. The fourth-order valence-electron chi connectivity index (χ4n) is 2.73. The molecule has 0 atom stereocenters. The number of benzene rings is 2. The molecule has 0 radical (unpaired) electrons. The molecule has 1 N–H and O–H groups in total. The fourth-order valence-corrected chi connectivity index (χ4v) is 2.92. The minimum atomic E-state index is 0.697. The maximum absolute atomic E-state index is 6.04. The van der Waals surface area contributed by atoms with E-state index in [2.05, 4.69) is 39.6 Å². The highest BCUT2D eigenvalue weighted by Crippen LogP contribution is 2.29. The second-order valence-electron chi connectivity index (χ2n) is 5.48. The lowest BCUT2D eigenvalue weighted by atomic mass is 10.0. The first-order valence-corrected chi connectivity index (χ1v) is 7.99. The van der Waals surface area contributed by atoms with Crippen LogP contribution in [0.3, 0.4) is 0 Å². The van der Waals surface area contributed by atoms with E-state index in [0.29, 0.717) is 5.02 Å². The van der Waals surface area contributed by atoms with E-state index in [1.165, 1.54) is 0 Å². The van der Waals surface area contributed by atoms with Crippen molar-refractivity contribution in [1.29, 1.82) is 0 Å². The Morgan fingerprint density at radius 2 is 1.71 bits per heavy atom. The highest BCUT2D eigenvalue weighted by Gasteiger charge is 2.06. The second-order valence-corrected chi connectivity index (χ2v) is 5.91. The molecule has 4 heteroatoms. The average molecular weight is 332 g/mol. The van der Waals surface area contributed by atoms with E-state index >= 15 is 0 Å². The number of pyridine rings is 2. The van der Waals surface area contributed by atoms with Gasteiger partial charge in [-0.1, -0.05) is 41.9 Å². The van der Waals surface area contributed by atoms with Crippen LogP contribution in [-0.4, -0.2) is 9.97 Å². The highest BCUT2D eigenvalue weighted by atomic mass is 35.5. The molecule has 0 bridgehead atoms. The molecule has 4 rings (SSSR count). The van der Waals surface area contributed by atoms with Crippen LogP contribution in [0.1, 0.15) is 0 Å². The predicted molar refractivity (Wildman–Crippen MR) is 99.7 cm³/mol. The summed E-state index contributed by atoms with van der Waals surface area (Å²) < 4.78 is 0. The van der Waals surface area contributed by atoms with E-state index in [0.717, 1.165) is 33.4 Å². The molecule has 0 aliphatic heterocycles. The lowest BCUT2D eigenvalue weighted by Crippen LogP contribution is -1.92. The number of rotatable bonds is 3. The Morgan fingerprint density at radius 3 is 2.62 bits per heavy atom. The van der Waals surface area contributed by atoms with Crippen LogP contribution in [0.25, 0.3) is 22.0 Å². The lowest BCUT2D eigenvalue weighted by Gasteiger charge is -2.10. The van der Waals surface area contributed by atoms with Crippen molar-refractivity contribution in [3.05, 3.63) is 84.3 Å². The smallest absolute Gasteiger partial charge is 0.0780 e. The normalized spacial score (nSPS) is 10.7. The summed E-state index contributed by atoms with van der Waals surface area (Å²) in [6.07, 6.45) is 5.46. The molecule has 0 aliphatic carbocycles. The Kier molecular flexibility index (Phi) is 3.85. The van der Waals surface area contributed by atoms with Crippen LogP contribution in [0.15, 0.2) is 79.3 Å². The fraction of sp³-hybridized carbons (Fsp3) is 0. The molecule has 4 aromatic rings. The predicted octanol–water partition coefficient (Wildman–Crippen LogP) is 5.69. The Balaban J connectivity index is 1.74. The first kappa shape index (κ1) is 14.7. The third kappa shape index (κ3) is 2.94. The Morgan fingerprint density at radius 1 is 0.833 bits per heavy atom. The monoisotopic (exact) mass is 331 g/mol. The largest absolute Gasteiger partial charge is 0.354 e. The van der Waals surface area contributed by atoms with Gasteiger partial charge in [0.25, 0.3) is 0 Å². The molecule has 0 unspecified atom stereocenters. The van der Waals surface area contributed by atoms with Gasteiger partial charge in [0.2, 0.25) is 0 Å². The standard InChI is InChI=1S/C20H14ClN3/c21-16-6-2-7-17(11-16)24-18-10-15(12-22-13-18)19-8-1-4-14-5-3-9-23-20(14)19/h1-13,24H. The van der Waals surface area contributed by atoms with Crippen LogP contribution in [0.2, 0.25) is 5.02 Å². The number of hydrogen-bond donors (Lipinski definition) is 1. The molecule has 24 heavy (non-hydrogen) atoms. The van der Waals surface area contributed by atoms with Gasteiger partial charge in [-0.3, -0.25) is 9.97 Å². The highest BCUT2D eigenvalue weighted by molar-refractivity contribution is 6.30. The lowest BCUT2D eigenvalue weighted by molar-refractivity contribution is 1.32. The van der Waals surface area contributed by atoms with E-state index in [1.54, 1.807) is 6.20 Å². The third-order valence-electron chi connectivity index (χ3n) is 3.80. The van der Waals surface area contributed by atoms with Crippen LogP contribution in [-0.2, 0) is 0 Å². The van der Waals surface area contributed by atoms with Crippen molar-refractivity contribution in [3.63, 3.8) is 0 Å². The molecular formula is C20H14ClN3. The summed E-state index contributed by atoms with van der Waals surface area (Å²) in [4.78, 5) is 8.88. The average Bonchev–Trinajstić information content (AvgIpc) is 2.61. The summed E-state index contributed by atoms with van der Waals surface area (Å²) in [6, 6.07) is 19.9. The topological polar surface area (TPSA) is 37.8 Å². The molecule has 0 saturated carbocycles. The van der Waals surface area contributed by atoms with Gasteiger partial charge in [-0.15, -0.1) is 0 Å². The van der Waals surface area contributed by atoms with Gasteiger partial charge in [-0.25, -0.2) is 0 Å². The van der Waals surface area contributed by atoms with E-state index in [9.17, 15) is 0 Å². The number of para-hydroxylation sites is 1. The molecule has 0 spiro atoms. The SMILES string of the molecule is Clc1cccc(Nc2cncc(-c3cccc4cccnc34)c2)c1. The van der Waals surface area contributed by atoms with Gasteiger partial charge in [-0.2, -0.15) is 0 Å². The van der Waals surface area contributed by atoms with Gasteiger partial charge in [0, 0.05) is 39.6 Å². The summed E-state index contributed by atoms with van der Waals surface area (Å²) in [5, 5.41) is 5.15. The molecule has 116 valence electrons. The molecule has 2 aromatic carbocycles. The minimum absolute atomic E-state index is 0.697. The summed E-state index contributed by atoms with van der Waals surface area (Å²) >= 11 is 6.04. The summed E-state index contributed by atoms with van der Waals surface area (Å²) in [5.41, 5.74) is 4.89. The summed E-state index contributed by atoms with van der Waals surface area (Å²) in [5.74, 6) is 0. The van der Waals surface area contributed by atoms with Gasteiger partial charge in [0.15, 0.2) is 0 Å². The Labute approximate surface area is 145 Å². The number of aromatic nitrogens is 2. The van der Waals surface area contributed by atoms with Crippen molar-refractivity contribution in [3.8, 4) is 11.1 Å². The van der Waals surface area contributed by atoms with E-state index < -0.39 is 0 Å². The maximum atomic E-state index is 6.04. The molecule has 0 saturated heterocycles. The molecule has 2 aromatic heterocycles. The molecule has 0 amide bonds. The molecule has 2 heterocycles. The van der Waals surface area contributed by atoms with Crippen LogP contribution in [0.5, 0.6) is 0 Å². The summed E-state index contributed by atoms with van der Waals surface area (Å²) in [6.45, 7) is 0. The molecule has 3 nitrogen and oxygen atoms in total. The third-order valence-corrected chi connectivity index (χ3v) is 4.03. The van der Waals surface area contributed by atoms with E-state index in [-0.39, 0.29) is 0 Å². The minimum Gasteiger partial charge on any atom is -0.354 e. The Hall–Kier alpha value is -2.91. The zero-order chi connectivity index (χ0) is 16.4. The van der Waals surface area contributed by atoms with E-state index in [1.807, 2.05) is 48.8 Å². The van der Waals surface area contributed by atoms with Crippen LogP contribution < -0.4 is 5.32 Å². The van der Waals surface area contributed by atoms with Crippen molar-refractivity contribution < 1.29 is 0 Å². The molecule has 0 fully saturated rings. The summed E-state index contributed by atoms with van der Waals surface area (Å²) in [7, 11) is 0. The van der Waals surface area contributed by atoms with Gasteiger partial charge >= 0.3 is 0 Å². The van der Waals surface area contributed by atoms with Gasteiger partial charge < -0.3 is 5.32 Å². The number of nitrogens with one attached hydrogen (secondary N) is 1. The number of fused-ring (bicyclic) bond motifs is 1. The first-order chi connectivity index (χ1) is 11.8. The van der Waals surface area contributed by atoms with Crippen molar-refractivity contribution in [1.82, 2.24) is 9.97 Å².